The molecular weight excluding hydrogens is 480 g/mol. The van der Waals surface area contributed by atoms with Gasteiger partial charge in [-0.25, -0.2) is 4.68 Å². The Bertz CT molecular complexity index is 1440. The average molecular weight is 517 g/mol. The highest BCUT2D eigenvalue weighted by atomic mass is 16.5. The molecule has 5 rings (SSSR count). The van der Waals surface area contributed by atoms with Crippen LogP contribution in [-0.2, 0) is 24.4 Å². The van der Waals surface area contributed by atoms with Gasteiger partial charge in [0.05, 0.1) is 25.8 Å². The lowest BCUT2D eigenvalue weighted by molar-refractivity contribution is 0.0888. The fourth-order valence-corrected chi connectivity index (χ4v) is 5.27. The molecule has 0 saturated carbocycles. The molecule has 38 heavy (non-hydrogen) atoms. The van der Waals surface area contributed by atoms with Crippen molar-refractivity contribution in [2.24, 2.45) is 0 Å². The summed E-state index contributed by atoms with van der Waals surface area (Å²) in [7, 11) is 1.66. The zero-order valence-electron chi connectivity index (χ0n) is 22.6. The van der Waals surface area contributed by atoms with E-state index < -0.39 is 0 Å². The monoisotopic (exact) mass is 516 g/mol. The number of hydrogen-bond donors (Lipinski definition) is 1. The van der Waals surface area contributed by atoms with E-state index in [4.69, 9.17) is 9.47 Å². The SMILES string of the molecule is CC[C@@H](c1nnnn1C[C@H]1CCCO1)N(Cc1ccc(OC)cc1)Cc1cc2cc(C)c(C)cc2[nH]c1=O. The molecule has 9 nitrogen and oxygen atoms in total. The highest BCUT2D eigenvalue weighted by Gasteiger charge is 2.28. The maximum Gasteiger partial charge on any atom is 0.252 e. The third-order valence-electron chi connectivity index (χ3n) is 7.54. The number of hydrogen-bond acceptors (Lipinski definition) is 7. The number of methoxy groups -OCH3 is 1. The topological polar surface area (TPSA) is 98.2 Å². The maximum absolute atomic E-state index is 13.2. The Morgan fingerprint density at radius 3 is 2.66 bits per heavy atom. The molecule has 0 bridgehead atoms. The smallest absolute Gasteiger partial charge is 0.252 e. The molecule has 2 aromatic carbocycles. The first-order chi connectivity index (χ1) is 18.4. The van der Waals surface area contributed by atoms with Gasteiger partial charge in [0.1, 0.15) is 5.75 Å². The van der Waals surface area contributed by atoms with Gasteiger partial charge in [-0.15, -0.1) is 5.10 Å². The molecule has 1 aliphatic rings. The molecule has 0 radical (unpaired) electrons. The lowest BCUT2D eigenvalue weighted by Crippen LogP contribution is -2.33. The van der Waals surface area contributed by atoms with Crippen LogP contribution in [0.2, 0.25) is 0 Å². The van der Waals surface area contributed by atoms with E-state index in [0.29, 0.717) is 25.2 Å². The number of ether oxygens (including phenoxy) is 2. The van der Waals surface area contributed by atoms with Crippen LogP contribution in [0.25, 0.3) is 10.9 Å². The molecule has 2 atom stereocenters. The third kappa shape index (κ3) is 5.63. The van der Waals surface area contributed by atoms with Gasteiger partial charge >= 0.3 is 0 Å². The molecule has 3 heterocycles. The lowest BCUT2D eigenvalue weighted by Gasteiger charge is -2.30. The number of pyridine rings is 1. The number of aromatic amines is 1. The molecule has 1 aliphatic heterocycles. The van der Waals surface area contributed by atoms with E-state index in [2.05, 4.69) is 64.4 Å². The predicted molar refractivity (Wildman–Crippen MR) is 146 cm³/mol. The van der Waals surface area contributed by atoms with Crippen molar-refractivity contribution in [2.45, 2.75) is 71.8 Å². The minimum Gasteiger partial charge on any atom is -0.497 e. The Balaban J connectivity index is 1.50. The summed E-state index contributed by atoms with van der Waals surface area (Å²) in [5.41, 5.74) is 4.97. The molecule has 4 aromatic rings. The molecule has 2 aromatic heterocycles. The van der Waals surface area contributed by atoms with Crippen LogP contribution >= 0.6 is 0 Å². The second kappa shape index (κ2) is 11.4. The molecule has 1 saturated heterocycles. The van der Waals surface area contributed by atoms with E-state index in [1.807, 2.05) is 28.9 Å². The number of fused-ring (bicyclic) bond motifs is 1. The Kier molecular flexibility index (Phi) is 7.85. The van der Waals surface area contributed by atoms with Crippen LogP contribution in [-0.4, -0.2) is 49.9 Å². The van der Waals surface area contributed by atoms with Crippen molar-refractivity contribution in [1.29, 1.82) is 0 Å². The van der Waals surface area contributed by atoms with Crippen LogP contribution in [0, 0.1) is 13.8 Å². The van der Waals surface area contributed by atoms with Gasteiger partial charge in [0.15, 0.2) is 5.82 Å². The Morgan fingerprint density at radius 2 is 1.95 bits per heavy atom. The summed E-state index contributed by atoms with van der Waals surface area (Å²) >= 11 is 0. The number of tetrazole rings is 1. The zero-order valence-corrected chi connectivity index (χ0v) is 22.6. The summed E-state index contributed by atoms with van der Waals surface area (Å²) in [5, 5.41) is 13.8. The first-order valence-corrected chi connectivity index (χ1v) is 13.3. The van der Waals surface area contributed by atoms with Crippen LogP contribution in [0.5, 0.6) is 5.75 Å². The van der Waals surface area contributed by atoms with E-state index in [1.54, 1.807) is 7.11 Å². The van der Waals surface area contributed by atoms with Crippen molar-refractivity contribution in [1.82, 2.24) is 30.1 Å². The van der Waals surface area contributed by atoms with Crippen LogP contribution in [0.15, 0.2) is 47.3 Å². The van der Waals surface area contributed by atoms with Gasteiger partial charge in [-0.2, -0.15) is 0 Å². The second-order valence-electron chi connectivity index (χ2n) is 10.2. The van der Waals surface area contributed by atoms with Crippen molar-refractivity contribution in [3.63, 3.8) is 0 Å². The first-order valence-electron chi connectivity index (χ1n) is 13.3. The van der Waals surface area contributed by atoms with Gasteiger partial charge in [0.25, 0.3) is 5.56 Å². The highest BCUT2D eigenvalue weighted by molar-refractivity contribution is 5.80. The van der Waals surface area contributed by atoms with Gasteiger partial charge in [-0.1, -0.05) is 19.1 Å². The van der Waals surface area contributed by atoms with Gasteiger partial charge in [0.2, 0.25) is 0 Å². The number of nitrogens with one attached hydrogen (secondary N) is 1. The van der Waals surface area contributed by atoms with Crippen molar-refractivity contribution < 1.29 is 9.47 Å². The van der Waals surface area contributed by atoms with Crippen molar-refractivity contribution in [3.8, 4) is 5.75 Å². The van der Waals surface area contributed by atoms with Crippen LogP contribution in [0.4, 0.5) is 0 Å². The minimum atomic E-state index is -0.0941. The summed E-state index contributed by atoms with van der Waals surface area (Å²) in [6, 6.07) is 14.1. The van der Waals surface area contributed by atoms with Gasteiger partial charge < -0.3 is 14.5 Å². The predicted octanol–water partition coefficient (Wildman–Crippen LogP) is 4.47. The van der Waals surface area contributed by atoms with Crippen LogP contribution in [0.1, 0.15) is 60.3 Å². The zero-order chi connectivity index (χ0) is 26.6. The number of rotatable bonds is 10. The number of aryl methyl sites for hydroxylation is 2. The maximum atomic E-state index is 13.2. The molecule has 0 aliphatic carbocycles. The van der Waals surface area contributed by atoms with Crippen LogP contribution < -0.4 is 10.3 Å². The summed E-state index contributed by atoms with van der Waals surface area (Å²) in [5.74, 6) is 1.60. The van der Waals surface area contributed by atoms with Crippen molar-refractivity contribution in [3.05, 3.63) is 80.9 Å². The Labute approximate surface area is 222 Å². The van der Waals surface area contributed by atoms with Crippen molar-refractivity contribution >= 4 is 10.9 Å². The molecule has 1 N–H and O–H groups in total. The van der Waals surface area contributed by atoms with Crippen molar-refractivity contribution in [2.75, 3.05) is 13.7 Å². The second-order valence-corrected chi connectivity index (χ2v) is 10.2. The molecule has 200 valence electrons. The first kappa shape index (κ1) is 26.1. The van der Waals surface area contributed by atoms with E-state index in [1.165, 1.54) is 5.56 Å². The Hall–Kier alpha value is -3.56. The fraction of sp³-hybridized carbons (Fsp3) is 0.448. The van der Waals surface area contributed by atoms with E-state index in [-0.39, 0.29) is 17.7 Å². The Morgan fingerprint density at radius 1 is 1.16 bits per heavy atom. The average Bonchev–Trinajstić information content (AvgIpc) is 3.59. The van der Waals surface area contributed by atoms with E-state index in [9.17, 15) is 4.79 Å². The number of H-pyrrole nitrogens is 1. The minimum absolute atomic E-state index is 0.0747. The molecule has 1 fully saturated rings. The number of aromatic nitrogens is 5. The third-order valence-corrected chi connectivity index (χ3v) is 7.54. The van der Waals surface area contributed by atoms with E-state index >= 15 is 0 Å². The fourth-order valence-electron chi connectivity index (χ4n) is 5.27. The summed E-state index contributed by atoms with van der Waals surface area (Å²) in [4.78, 5) is 18.6. The van der Waals surface area contributed by atoms with E-state index in [0.717, 1.165) is 59.5 Å². The standard InChI is InChI=1S/C29H36N6O3/c1-5-27(28-31-32-33-35(28)18-25-7-6-12-38-25)34(16-21-8-10-24(37-4)11-9-21)17-23-15-22-13-19(2)20(3)14-26(22)30-29(23)36/h8-11,13-15,25,27H,5-7,12,16-18H2,1-4H3,(H,30,36)/t25-,27+/m1/s1. The quantitative estimate of drug-likeness (QED) is 0.332. The molecule has 0 spiro atoms. The molecular formula is C29H36N6O3. The largest absolute Gasteiger partial charge is 0.497 e. The van der Waals surface area contributed by atoms with Gasteiger partial charge in [-0.05, 0) is 95.9 Å². The number of benzene rings is 2. The van der Waals surface area contributed by atoms with Crippen LogP contribution in [0.3, 0.4) is 0 Å². The molecule has 0 unspecified atom stereocenters. The summed E-state index contributed by atoms with van der Waals surface area (Å²) < 4.78 is 13.1. The van der Waals surface area contributed by atoms with Gasteiger partial charge in [-0.3, -0.25) is 9.69 Å². The summed E-state index contributed by atoms with van der Waals surface area (Å²) in [6.07, 6.45) is 2.98. The molecule has 9 heteroatoms. The highest BCUT2D eigenvalue weighted by Crippen LogP contribution is 2.28. The normalized spacial score (nSPS) is 16.4. The summed E-state index contributed by atoms with van der Waals surface area (Å²) in [6.45, 7) is 8.78. The van der Waals surface area contributed by atoms with Gasteiger partial charge in [0, 0.05) is 30.8 Å². The lowest BCUT2D eigenvalue weighted by atomic mass is 10.0. The molecule has 0 amide bonds. The number of nitrogens with zero attached hydrogens (tertiary/aromatic N) is 5.